The summed E-state index contributed by atoms with van der Waals surface area (Å²) < 4.78 is 60.6. The van der Waals surface area contributed by atoms with Crippen LogP contribution in [0.4, 0.5) is 0 Å². The zero-order chi connectivity index (χ0) is 47.7. The Balaban J connectivity index is 0. The molecule has 0 radical (unpaired) electrons. The van der Waals surface area contributed by atoms with E-state index in [4.69, 9.17) is 75.3 Å². The molecule has 0 rings (SSSR count). The highest BCUT2D eigenvalue weighted by atomic mass is 16.6. The summed E-state index contributed by atoms with van der Waals surface area (Å²) in [7, 11) is 1.59. The topological polar surface area (TPSA) is 291 Å². The second-order valence-electron chi connectivity index (χ2n) is 13.3. The molecule has 0 aliphatic carbocycles. The summed E-state index contributed by atoms with van der Waals surface area (Å²) in [5.74, 6) is 11.6. The van der Waals surface area contributed by atoms with E-state index in [2.05, 4.69) is 10.6 Å². The number of carbonyl (C=O) groups excluding carboxylic acids is 3. The van der Waals surface area contributed by atoms with Crippen molar-refractivity contribution < 1.29 is 66.5 Å². The van der Waals surface area contributed by atoms with Crippen LogP contribution in [0.5, 0.6) is 0 Å². The molecule has 3 amide bonds. The first kappa shape index (κ1) is 62.7. The van der Waals surface area contributed by atoms with E-state index in [1.54, 1.807) is 31.3 Å². The Morgan fingerprint density at radius 2 is 0.828 bits per heavy atom. The van der Waals surface area contributed by atoms with Gasteiger partial charge < -0.3 is 89.1 Å². The largest absolute Gasteiger partial charge is 0.401 e. The van der Waals surface area contributed by atoms with Crippen LogP contribution in [-0.4, -0.2) is 218 Å². The summed E-state index contributed by atoms with van der Waals surface area (Å²) in [4.78, 5) is 36.7. The van der Waals surface area contributed by atoms with Crippen LogP contribution in [0.2, 0.25) is 0 Å². The molecular weight excluding hydrogens is 842 g/mol. The number of amides is 3. The van der Waals surface area contributed by atoms with Crippen LogP contribution in [-0.2, 0) is 66.5 Å². The first-order valence-electron chi connectivity index (χ1n) is 22.1. The van der Waals surface area contributed by atoms with E-state index in [9.17, 15) is 14.4 Å². The van der Waals surface area contributed by atoms with Gasteiger partial charge in [0.2, 0.25) is 17.7 Å². The van der Waals surface area contributed by atoms with Crippen molar-refractivity contribution in [2.45, 2.75) is 40.5 Å². The van der Waals surface area contributed by atoms with E-state index in [1.807, 2.05) is 13.8 Å². The molecule has 23 heteroatoms. The Morgan fingerprint density at radius 3 is 1.22 bits per heavy atom. The first-order valence-corrected chi connectivity index (χ1v) is 22.1. The number of nitrogens with zero attached hydrogens (tertiary/aromatic N) is 3. The maximum atomic E-state index is 13.2. The molecule has 0 aromatic rings. The second-order valence-corrected chi connectivity index (χ2v) is 13.3. The van der Waals surface area contributed by atoms with Gasteiger partial charge in [0.1, 0.15) is 0 Å². The van der Waals surface area contributed by atoms with E-state index < -0.39 is 0 Å². The van der Waals surface area contributed by atoms with E-state index >= 15 is 0 Å². The SMILES string of the molecule is CC.CNC(=O)CCOCCOCCOCCOCCN(N)/C=C(\N)CN(CCOCCOCCOCCOCCOCCNC(C)=O)C(=O)CCOCCOCCN(N)/C=C(/C)N. The van der Waals surface area contributed by atoms with Crippen molar-refractivity contribution in [1.82, 2.24) is 25.6 Å². The Kier molecular flexibility index (Phi) is 48.0. The van der Waals surface area contributed by atoms with E-state index in [0.29, 0.717) is 170 Å². The predicted molar refractivity (Wildman–Crippen MR) is 241 cm³/mol. The lowest BCUT2D eigenvalue weighted by Crippen LogP contribution is -2.39. The summed E-state index contributed by atoms with van der Waals surface area (Å²) in [6.07, 6.45) is 3.64. The van der Waals surface area contributed by atoms with Gasteiger partial charge in [-0.15, -0.1) is 0 Å². The quantitative estimate of drug-likeness (QED) is 0.0234. The smallest absolute Gasteiger partial charge is 0.225 e. The lowest BCUT2D eigenvalue weighted by Gasteiger charge is -2.24. The lowest BCUT2D eigenvalue weighted by atomic mass is 10.3. The second kappa shape index (κ2) is 49.0. The fourth-order valence-corrected chi connectivity index (χ4v) is 4.64. The summed E-state index contributed by atoms with van der Waals surface area (Å²) in [5.41, 5.74) is 12.9. The first-order chi connectivity index (χ1) is 31.0. The monoisotopic (exact) mass is 928 g/mol. The molecule has 0 bridgehead atoms. The Bertz CT molecular complexity index is 1140. The molecule has 0 aromatic heterocycles. The molecule has 0 unspecified atom stereocenters. The van der Waals surface area contributed by atoms with Crippen LogP contribution in [0.1, 0.15) is 40.5 Å². The van der Waals surface area contributed by atoms with Crippen molar-refractivity contribution in [1.29, 1.82) is 0 Å². The number of ether oxygens (including phenoxy) is 11. The summed E-state index contributed by atoms with van der Waals surface area (Å²) in [6.45, 7) is 17.3. The molecule has 378 valence electrons. The van der Waals surface area contributed by atoms with Crippen molar-refractivity contribution in [3.63, 3.8) is 0 Å². The van der Waals surface area contributed by atoms with Gasteiger partial charge in [0.25, 0.3) is 0 Å². The van der Waals surface area contributed by atoms with Crippen LogP contribution in [0.25, 0.3) is 0 Å². The number of nitrogens with two attached hydrogens (primary N) is 4. The minimum Gasteiger partial charge on any atom is -0.401 e. The molecule has 64 heavy (non-hydrogen) atoms. The Labute approximate surface area is 381 Å². The number of hydrogen-bond donors (Lipinski definition) is 6. The number of nitrogens with one attached hydrogen (secondary N) is 2. The minimum atomic E-state index is -0.163. The van der Waals surface area contributed by atoms with E-state index in [0.717, 1.165) is 0 Å². The van der Waals surface area contributed by atoms with Gasteiger partial charge in [-0.2, -0.15) is 0 Å². The summed E-state index contributed by atoms with van der Waals surface area (Å²) in [6, 6.07) is 0. The van der Waals surface area contributed by atoms with Crippen molar-refractivity contribution in [2.24, 2.45) is 23.2 Å². The number of hydrogen-bond acceptors (Lipinski definition) is 20. The highest BCUT2D eigenvalue weighted by Gasteiger charge is 2.15. The van der Waals surface area contributed by atoms with Gasteiger partial charge >= 0.3 is 0 Å². The predicted octanol–water partition coefficient (Wildman–Crippen LogP) is -1.34. The molecule has 10 N–H and O–H groups in total. The molecule has 0 spiro atoms. The normalized spacial score (nSPS) is 11.5. The van der Waals surface area contributed by atoms with Crippen LogP contribution in [0.3, 0.4) is 0 Å². The zero-order valence-electron chi connectivity index (χ0n) is 39.5. The van der Waals surface area contributed by atoms with Gasteiger partial charge in [-0.1, -0.05) is 13.8 Å². The van der Waals surface area contributed by atoms with Gasteiger partial charge in [0, 0.05) is 57.3 Å². The molecule has 0 aromatic carbocycles. The third-order valence-corrected chi connectivity index (χ3v) is 7.73. The average Bonchev–Trinajstić information content (AvgIpc) is 3.26. The molecule has 0 atom stereocenters. The number of hydrazine groups is 2. The van der Waals surface area contributed by atoms with Crippen molar-refractivity contribution in [3.8, 4) is 0 Å². The minimum absolute atomic E-state index is 0.0642. The number of carbonyl (C=O) groups is 3. The van der Waals surface area contributed by atoms with Gasteiger partial charge in [-0.05, 0) is 6.92 Å². The van der Waals surface area contributed by atoms with Gasteiger partial charge in [-0.25, -0.2) is 11.7 Å². The zero-order valence-corrected chi connectivity index (χ0v) is 39.5. The summed E-state index contributed by atoms with van der Waals surface area (Å²) >= 11 is 0. The van der Waals surface area contributed by atoms with Crippen molar-refractivity contribution in [2.75, 3.05) is 185 Å². The highest BCUT2D eigenvalue weighted by molar-refractivity contribution is 5.76. The standard InChI is InChI=1S/C39H79N9O14.C2H6/c1-35(40)32-47(42)8-14-56-19-16-53-11-5-39(51)46(7-13-55-20-24-60-29-31-62-30-27-59-23-18-54-12-6-45-36(2)49)33-37(41)34-48(43)9-15-57-21-25-61-28-26-58-22-17-52-10-4-38(50)44-3;1-2/h32,34H,4-31,33,40-43H2,1-3H3,(H,44,50)(H,45,49);1-2H3/b35-32-,37-34-;. The molecule has 0 fully saturated rings. The van der Waals surface area contributed by atoms with Crippen LogP contribution in [0.15, 0.2) is 23.8 Å². The molecule has 0 saturated heterocycles. The van der Waals surface area contributed by atoms with Gasteiger partial charge in [0.05, 0.1) is 171 Å². The van der Waals surface area contributed by atoms with Crippen LogP contribution in [0, 0.1) is 0 Å². The van der Waals surface area contributed by atoms with Crippen molar-refractivity contribution >= 4 is 17.7 Å². The lowest BCUT2D eigenvalue weighted by molar-refractivity contribution is -0.133. The fraction of sp³-hybridized carbons (Fsp3) is 0.829. The molecule has 0 aliphatic rings. The molecule has 0 heterocycles. The Hall–Kier alpha value is -3.43. The Morgan fingerprint density at radius 1 is 0.484 bits per heavy atom. The van der Waals surface area contributed by atoms with Crippen LogP contribution < -0.4 is 33.8 Å². The number of allylic oxidation sites excluding steroid dienone is 1. The van der Waals surface area contributed by atoms with E-state index in [-0.39, 0.29) is 50.4 Å². The fourth-order valence-electron chi connectivity index (χ4n) is 4.64. The molecule has 0 aliphatic heterocycles. The summed E-state index contributed by atoms with van der Waals surface area (Å²) in [5, 5.41) is 8.05. The molecular formula is C41H85N9O14. The van der Waals surface area contributed by atoms with E-state index in [1.165, 1.54) is 16.9 Å². The number of rotatable bonds is 46. The average molecular weight is 928 g/mol. The molecule has 0 saturated carbocycles. The van der Waals surface area contributed by atoms with Crippen molar-refractivity contribution in [3.05, 3.63) is 23.8 Å². The van der Waals surface area contributed by atoms with Gasteiger partial charge in [0.15, 0.2) is 0 Å². The third-order valence-electron chi connectivity index (χ3n) is 7.73. The maximum absolute atomic E-state index is 13.2. The highest BCUT2D eigenvalue weighted by Crippen LogP contribution is 2.01. The third kappa shape index (κ3) is 48.0. The van der Waals surface area contributed by atoms with Gasteiger partial charge in [-0.3, -0.25) is 14.4 Å². The molecule has 23 nitrogen and oxygen atoms in total. The van der Waals surface area contributed by atoms with Crippen LogP contribution >= 0.6 is 0 Å². The maximum Gasteiger partial charge on any atom is 0.225 e.